The normalized spacial score (nSPS) is 10.5. The van der Waals surface area contributed by atoms with Crippen LogP contribution in [-0.2, 0) is 22.4 Å². The quantitative estimate of drug-likeness (QED) is 0.731. The van der Waals surface area contributed by atoms with E-state index in [2.05, 4.69) is 18.7 Å². The van der Waals surface area contributed by atoms with E-state index in [1.54, 1.807) is 0 Å². The minimum atomic E-state index is 0.300. The lowest BCUT2D eigenvalue weighted by molar-refractivity contribution is -0.108. The largest absolute Gasteiger partial charge is 0.339 e. The third kappa shape index (κ3) is 3.82. The van der Waals surface area contributed by atoms with E-state index in [9.17, 15) is 9.59 Å². The summed E-state index contributed by atoms with van der Waals surface area (Å²) < 4.78 is 0. The molecule has 0 bridgehead atoms. The Morgan fingerprint density at radius 2 is 1.14 bits per heavy atom. The highest BCUT2D eigenvalue weighted by Gasteiger charge is 2.13. The summed E-state index contributed by atoms with van der Waals surface area (Å²) in [6, 6.07) is 16.4. The first kappa shape index (κ1) is 16.0. The Kier molecular flexibility index (Phi) is 5.48. The SMILES string of the molecule is CC(C)N(c1ccc(CC=O)cc1)c1ccc(CC=O)cc1. The molecule has 2 aromatic carbocycles. The molecule has 0 heterocycles. The summed E-state index contributed by atoms with van der Waals surface area (Å²) in [4.78, 5) is 23.4. The molecule has 2 aromatic rings. The van der Waals surface area contributed by atoms with E-state index in [1.165, 1.54) is 0 Å². The van der Waals surface area contributed by atoms with Crippen LogP contribution in [0.25, 0.3) is 0 Å². The number of hydrogen-bond acceptors (Lipinski definition) is 3. The van der Waals surface area contributed by atoms with Gasteiger partial charge in [-0.1, -0.05) is 24.3 Å². The van der Waals surface area contributed by atoms with Gasteiger partial charge in [0.2, 0.25) is 0 Å². The monoisotopic (exact) mass is 295 g/mol. The predicted molar refractivity (Wildman–Crippen MR) is 89.7 cm³/mol. The lowest BCUT2D eigenvalue weighted by Gasteiger charge is -2.29. The third-order valence-corrected chi connectivity index (χ3v) is 3.58. The van der Waals surface area contributed by atoms with Gasteiger partial charge in [-0.05, 0) is 49.2 Å². The minimum absolute atomic E-state index is 0.300. The van der Waals surface area contributed by atoms with E-state index >= 15 is 0 Å². The van der Waals surface area contributed by atoms with Crippen LogP contribution in [0.1, 0.15) is 25.0 Å². The van der Waals surface area contributed by atoms with Gasteiger partial charge in [0.15, 0.2) is 0 Å². The Bertz CT molecular complexity index is 561. The molecular weight excluding hydrogens is 274 g/mol. The molecule has 0 saturated carbocycles. The molecule has 0 spiro atoms. The molecule has 3 nitrogen and oxygen atoms in total. The van der Waals surface area contributed by atoms with Gasteiger partial charge >= 0.3 is 0 Å². The van der Waals surface area contributed by atoms with Crippen LogP contribution in [0.4, 0.5) is 11.4 Å². The van der Waals surface area contributed by atoms with Gasteiger partial charge in [-0.25, -0.2) is 0 Å². The molecule has 0 fully saturated rings. The summed E-state index contributed by atoms with van der Waals surface area (Å²) in [6.45, 7) is 4.28. The molecule has 0 aliphatic rings. The smallest absolute Gasteiger partial charge is 0.124 e. The summed E-state index contributed by atoms with van der Waals surface area (Å²) in [7, 11) is 0. The van der Waals surface area contributed by atoms with Crippen LogP contribution in [0.3, 0.4) is 0 Å². The van der Waals surface area contributed by atoms with E-state index in [0.29, 0.717) is 18.9 Å². The topological polar surface area (TPSA) is 37.4 Å². The fourth-order valence-electron chi connectivity index (χ4n) is 2.52. The van der Waals surface area contributed by atoms with Crippen LogP contribution < -0.4 is 4.90 Å². The van der Waals surface area contributed by atoms with Crippen LogP contribution in [0.5, 0.6) is 0 Å². The van der Waals surface area contributed by atoms with Crippen LogP contribution in [-0.4, -0.2) is 18.6 Å². The summed E-state index contributed by atoms with van der Waals surface area (Å²) in [5.74, 6) is 0. The van der Waals surface area contributed by atoms with Gasteiger partial charge < -0.3 is 14.5 Å². The highest BCUT2D eigenvalue weighted by molar-refractivity contribution is 5.66. The number of carbonyl (C=O) groups excluding carboxylic acids is 2. The highest BCUT2D eigenvalue weighted by atomic mass is 16.1. The van der Waals surface area contributed by atoms with Crippen LogP contribution >= 0.6 is 0 Å². The third-order valence-electron chi connectivity index (χ3n) is 3.58. The second-order valence-corrected chi connectivity index (χ2v) is 5.54. The fourth-order valence-corrected chi connectivity index (χ4v) is 2.52. The molecule has 114 valence electrons. The maximum atomic E-state index is 10.6. The van der Waals surface area contributed by atoms with Crippen molar-refractivity contribution in [2.75, 3.05) is 4.90 Å². The van der Waals surface area contributed by atoms with Gasteiger partial charge in [-0.2, -0.15) is 0 Å². The van der Waals surface area contributed by atoms with E-state index in [0.717, 1.165) is 35.1 Å². The molecule has 0 unspecified atom stereocenters. The van der Waals surface area contributed by atoms with Gasteiger partial charge in [0, 0.05) is 30.3 Å². The Morgan fingerprint density at radius 3 is 1.41 bits per heavy atom. The molecule has 0 aliphatic carbocycles. The molecule has 0 aromatic heterocycles. The summed E-state index contributed by atoms with van der Waals surface area (Å²) in [6.07, 6.45) is 2.73. The Morgan fingerprint density at radius 1 is 0.773 bits per heavy atom. The summed E-state index contributed by atoms with van der Waals surface area (Å²) >= 11 is 0. The average molecular weight is 295 g/mol. The molecule has 0 amide bonds. The average Bonchev–Trinajstić information content (AvgIpc) is 2.51. The Hall–Kier alpha value is -2.42. The molecular formula is C19H21NO2. The number of benzene rings is 2. The first-order valence-electron chi connectivity index (χ1n) is 7.50. The second-order valence-electron chi connectivity index (χ2n) is 5.54. The number of anilines is 2. The van der Waals surface area contributed by atoms with Crippen molar-refractivity contribution in [2.24, 2.45) is 0 Å². The number of aldehydes is 2. The van der Waals surface area contributed by atoms with Gasteiger partial charge in [-0.15, -0.1) is 0 Å². The van der Waals surface area contributed by atoms with E-state index < -0.39 is 0 Å². The van der Waals surface area contributed by atoms with Gasteiger partial charge in [0.1, 0.15) is 12.6 Å². The van der Waals surface area contributed by atoms with Crippen molar-refractivity contribution in [3.8, 4) is 0 Å². The molecule has 0 radical (unpaired) electrons. The number of rotatable bonds is 7. The van der Waals surface area contributed by atoms with Crippen molar-refractivity contribution < 1.29 is 9.59 Å². The zero-order valence-corrected chi connectivity index (χ0v) is 13.0. The van der Waals surface area contributed by atoms with Crippen LogP contribution in [0, 0.1) is 0 Å². The molecule has 2 rings (SSSR count). The number of carbonyl (C=O) groups is 2. The van der Waals surface area contributed by atoms with Crippen LogP contribution in [0.2, 0.25) is 0 Å². The maximum Gasteiger partial charge on any atom is 0.124 e. The van der Waals surface area contributed by atoms with Crippen molar-refractivity contribution in [1.29, 1.82) is 0 Å². The fraction of sp³-hybridized carbons (Fsp3) is 0.263. The number of hydrogen-bond donors (Lipinski definition) is 0. The molecule has 0 atom stereocenters. The van der Waals surface area contributed by atoms with E-state index in [1.807, 2.05) is 48.5 Å². The first-order chi connectivity index (χ1) is 10.7. The standard InChI is InChI=1S/C19H21NO2/c1-15(2)20(18-7-3-16(4-8-18)11-13-21)19-9-5-17(6-10-19)12-14-22/h3-10,13-15H,11-12H2,1-2H3. The molecule has 22 heavy (non-hydrogen) atoms. The molecule has 0 aliphatic heterocycles. The van der Waals surface area contributed by atoms with Gasteiger partial charge in [0.25, 0.3) is 0 Å². The van der Waals surface area contributed by atoms with Crippen molar-refractivity contribution in [1.82, 2.24) is 0 Å². The summed E-state index contributed by atoms with van der Waals surface area (Å²) in [5.41, 5.74) is 4.22. The first-order valence-corrected chi connectivity index (χ1v) is 7.50. The van der Waals surface area contributed by atoms with Crippen molar-refractivity contribution in [3.63, 3.8) is 0 Å². The lowest BCUT2D eigenvalue weighted by atomic mass is 10.1. The van der Waals surface area contributed by atoms with Gasteiger partial charge in [0.05, 0.1) is 0 Å². The lowest BCUT2D eigenvalue weighted by Crippen LogP contribution is -2.25. The molecule has 3 heteroatoms. The molecule has 0 N–H and O–H groups in total. The molecule has 0 saturated heterocycles. The summed E-state index contributed by atoms with van der Waals surface area (Å²) in [5, 5.41) is 0. The second kappa shape index (κ2) is 7.55. The minimum Gasteiger partial charge on any atom is -0.339 e. The van der Waals surface area contributed by atoms with E-state index in [4.69, 9.17) is 0 Å². The van der Waals surface area contributed by atoms with Crippen molar-refractivity contribution in [3.05, 3.63) is 59.7 Å². The van der Waals surface area contributed by atoms with E-state index in [-0.39, 0.29) is 0 Å². The van der Waals surface area contributed by atoms with Crippen LogP contribution in [0.15, 0.2) is 48.5 Å². The van der Waals surface area contributed by atoms with Gasteiger partial charge in [-0.3, -0.25) is 0 Å². The zero-order chi connectivity index (χ0) is 15.9. The number of nitrogens with zero attached hydrogens (tertiary/aromatic N) is 1. The Labute approximate surface area is 131 Å². The zero-order valence-electron chi connectivity index (χ0n) is 13.0. The van der Waals surface area contributed by atoms with Crippen molar-refractivity contribution in [2.45, 2.75) is 32.7 Å². The Balaban J connectivity index is 2.28. The maximum absolute atomic E-state index is 10.6. The highest BCUT2D eigenvalue weighted by Crippen LogP contribution is 2.28. The predicted octanol–water partition coefficient (Wildman–Crippen LogP) is 3.72. The van der Waals surface area contributed by atoms with Crippen molar-refractivity contribution >= 4 is 23.9 Å².